The first-order chi connectivity index (χ1) is 3.84. The van der Waals surface area contributed by atoms with Gasteiger partial charge in [-0.3, -0.25) is 0 Å². The smallest absolute Gasteiger partial charge is 0.109 e. The molecule has 0 N–H and O–H groups in total. The number of rotatable bonds is 1. The van der Waals surface area contributed by atoms with Gasteiger partial charge in [0.1, 0.15) is 4.60 Å². The molecule has 0 unspecified atom stereocenters. The van der Waals surface area contributed by atoms with Crippen LogP contribution in [0.4, 0.5) is 0 Å². The molecule has 1 rings (SSSR count). The van der Waals surface area contributed by atoms with E-state index in [4.69, 9.17) is 0 Å². The van der Waals surface area contributed by atoms with Crippen molar-refractivity contribution in [1.82, 2.24) is 9.78 Å². The molecule has 0 bridgehead atoms. The number of hydrogen-bond donors (Lipinski definition) is 0. The van der Waals surface area contributed by atoms with Crippen molar-refractivity contribution in [3.63, 3.8) is 0 Å². The van der Waals surface area contributed by atoms with E-state index in [1.54, 1.807) is 17.1 Å². The quantitative estimate of drug-likeness (QED) is 0.632. The number of halogens is 1. The van der Waals surface area contributed by atoms with Crippen LogP contribution in [0.15, 0.2) is 23.4 Å². The van der Waals surface area contributed by atoms with Crippen LogP contribution in [0.2, 0.25) is 0 Å². The zero-order chi connectivity index (χ0) is 5.98. The van der Waals surface area contributed by atoms with Gasteiger partial charge in [-0.1, -0.05) is 6.58 Å². The molecule has 0 aliphatic carbocycles. The molecule has 8 heavy (non-hydrogen) atoms. The molecule has 0 aliphatic rings. The third-order valence-corrected chi connectivity index (χ3v) is 1.42. The standard InChI is InChI=1S/C5H5BrN2/c1-2-8-5(6)3-4-7-8/h2-4H,1H2. The Kier molecular flexibility index (Phi) is 1.48. The third kappa shape index (κ3) is 0.816. The highest BCUT2D eigenvalue weighted by Crippen LogP contribution is 2.06. The lowest BCUT2D eigenvalue weighted by molar-refractivity contribution is 0.916. The van der Waals surface area contributed by atoms with Gasteiger partial charge >= 0.3 is 0 Å². The van der Waals surface area contributed by atoms with E-state index in [-0.39, 0.29) is 0 Å². The van der Waals surface area contributed by atoms with Gasteiger partial charge in [-0.25, -0.2) is 4.68 Å². The summed E-state index contributed by atoms with van der Waals surface area (Å²) in [7, 11) is 0. The zero-order valence-corrected chi connectivity index (χ0v) is 5.80. The molecule has 0 amide bonds. The van der Waals surface area contributed by atoms with Crippen molar-refractivity contribution in [2.75, 3.05) is 0 Å². The van der Waals surface area contributed by atoms with E-state index in [1.807, 2.05) is 6.07 Å². The maximum absolute atomic E-state index is 3.89. The minimum atomic E-state index is 0.924. The van der Waals surface area contributed by atoms with Gasteiger partial charge in [0.2, 0.25) is 0 Å². The van der Waals surface area contributed by atoms with E-state index in [9.17, 15) is 0 Å². The molecule has 0 saturated carbocycles. The van der Waals surface area contributed by atoms with Crippen LogP contribution in [0.3, 0.4) is 0 Å². The summed E-state index contributed by atoms with van der Waals surface area (Å²) in [6.45, 7) is 3.53. The Morgan fingerprint density at radius 1 is 1.88 bits per heavy atom. The van der Waals surface area contributed by atoms with Crippen LogP contribution in [0, 0.1) is 0 Å². The van der Waals surface area contributed by atoms with Crippen molar-refractivity contribution in [3.05, 3.63) is 23.4 Å². The van der Waals surface area contributed by atoms with Crippen molar-refractivity contribution < 1.29 is 0 Å². The van der Waals surface area contributed by atoms with Crippen molar-refractivity contribution >= 4 is 22.1 Å². The predicted octanol–water partition coefficient (Wildman–Crippen LogP) is 1.75. The second kappa shape index (κ2) is 2.13. The monoisotopic (exact) mass is 172 g/mol. The van der Waals surface area contributed by atoms with Gasteiger partial charge in [-0.2, -0.15) is 5.10 Å². The molecule has 0 spiro atoms. The Hall–Kier alpha value is -0.570. The maximum Gasteiger partial charge on any atom is 0.109 e. The van der Waals surface area contributed by atoms with Crippen LogP contribution in [-0.2, 0) is 0 Å². The Labute approximate surface area is 55.9 Å². The van der Waals surface area contributed by atoms with Crippen LogP contribution in [0.5, 0.6) is 0 Å². The van der Waals surface area contributed by atoms with Crippen LogP contribution in [-0.4, -0.2) is 9.78 Å². The summed E-state index contributed by atoms with van der Waals surface area (Å²) < 4.78 is 2.56. The third-order valence-electron chi connectivity index (χ3n) is 0.795. The topological polar surface area (TPSA) is 17.8 Å². The molecular formula is C5H5BrN2. The highest BCUT2D eigenvalue weighted by molar-refractivity contribution is 9.10. The van der Waals surface area contributed by atoms with E-state index in [0.717, 1.165) is 4.60 Å². The summed E-state index contributed by atoms with van der Waals surface area (Å²) >= 11 is 3.26. The zero-order valence-electron chi connectivity index (χ0n) is 4.21. The number of nitrogens with zero attached hydrogens (tertiary/aromatic N) is 2. The number of hydrogen-bond acceptors (Lipinski definition) is 1. The minimum Gasteiger partial charge on any atom is -0.235 e. The number of aromatic nitrogens is 2. The fraction of sp³-hybridized carbons (Fsp3) is 0. The first-order valence-corrected chi connectivity index (χ1v) is 2.95. The molecule has 42 valence electrons. The summed E-state index contributed by atoms with van der Waals surface area (Å²) in [5, 5.41) is 3.89. The van der Waals surface area contributed by atoms with Crippen LogP contribution >= 0.6 is 15.9 Å². The average Bonchev–Trinajstić information content (AvgIpc) is 2.14. The lowest BCUT2D eigenvalue weighted by Crippen LogP contribution is -1.84. The maximum atomic E-state index is 3.89. The Morgan fingerprint density at radius 2 is 2.62 bits per heavy atom. The Morgan fingerprint density at radius 3 is 2.88 bits per heavy atom. The molecule has 1 aromatic rings. The molecule has 1 aromatic heterocycles. The molecule has 0 fully saturated rings. The Balaban J connectivity index is 3.09. The highest BCUT2D eigenvalue weighted by Gasteiger charge is 1.88. The molecular weight excluding hydrogens is 168 g/mol. The molecule has 0 atom stereocenters. The summed E-state index contributed by atoms with van der Waals surface area (Å²) in [6, 6.07) is 1.85. The second-order valence-corrected chi connectivity index (χ2v) is 2.09. The lowest BCUT2D eigenvalue weighted by Gasteiger charge is -1.87. The van der Waals surface area contributed by atoms with Gasteiger partial charge in [-0.05, 0) is 22.0 Å². The molecule has 2 nitrogen and oxygen atoms in total. The first kappa shape index (κ1) is 5.56. The summed E-state index contributed by atoms with van der Waals surface area (Å²) in [4.78, 5) is 0. The van der Waals surface area contributed by atoms with Crippen molar-refractivity contribution in [2.24, 2.45) is 0 Å². The van der Waals surface area contributed by atoms with Gasteiger partial charge in [0, 0.05) is 6.20 Å². The predicted molar refractivity (Wildman–Crippen MR) is 36.3 cm³/mol. The van der Waals surface area contributed by atoms with E-state index >= 15 is 0 Å². The highest BCUT2D eigenvalue weighted by atomic mass is 79.9. The van der Waals surface area contributed by atoms with Crippen molar-refractivity contribution in [1.29, 1.82) is 0 Å². The molecule has 0 radical (unpaired) electrons. The minimum absolute atomic E-state index is 0.924. The SMILES string of the molecule is C=Cn1nccc1Br. The van der Waals surface area contributed by atoms with Gasteiger partial charge < -0.3 is 0 Å². The van der Waals surface area contributed by atoms with Gasteiger partial charge in [0.25, 0.3) is 0 Å². The van der Waals surface area contributed by atoms with Crippen molar-refractivity contribution in [2.45, 2.75) is 0 Å². The molecule has 0 aromatic carbocycles. The summed E-state index contributed by atoms with van der Waals surface area (Å²) in [5.41, 5.74) is 0. The fourth-order valence-corrected chi connectivity index (χ4v) is 0.787. The summed E-state index contributed by atoms with van der Waals surface area (Å²) in [6.07, 6.45) is 3.33. The van der Waals surface area contributed by atoms with Crippen LogP contribution in [0.25, 0.3) is 6.20 Å². The molecule has 3 heteroatoms. The lowest BCUT2D eigenvalue weighted by atomic mass is 10.7. The van der Waals surface area contributed by atoms with E-state index in [2.05, 4.69) is 27.6 Å². The largest absolute Gasteiger partial charge is 0.235 e. The first-order valence-electron chi connectivity index (χ1n) is 2.16. The van der Waals surface area contributed by atoms with Crippen molar-refractivity contribution in [3.8, 4) is 0 Å². The van der Waals surface area contributed by atoms with Crippen LogP contribution in [0.1, 0.15) is 0 Å². The van der Waals surface area contributed by atoms with E-state index < -0.39 is 0 Å². The van der Waals surface area contributed by atoms with Gasteiger partial charge in [0.15, 0.2) is 0 Å². The Bertz CT molecular complexity index is 192. The second-order valence-electron chi connectivity index (χ2n) is 1.28. The summed E-state index contributed by atoms with van der Waals surface area (Å²) in [5.74, 6) is 0. The van der Waals surface area contributed by atoms with E-state index in [1.165, 1.54) is 0 Å². The van der Waals surface area contributed by atoms with Gasteiger partial charge in [0.05, 0.1) is 6.20 Å². The average molecular weight is 173 g/mol. The fourth-order valence-electron chi connectivity index (χ4n) is 0.433. The molecule has 1 heterocycles. The molecule has 0 saturated heterocycles. The van der Waals surface area contributed by atoms with Gasteiger partial charge in [-0.15, -0.1) is 0 Å². The van der Waals surface area contributed by atoms with Crippen LogP contribution < -0.4 is 0 Å². The molecule has 0 aliphatic heterocycles. The van der Waals surface area contributed by atoms with E-state index in [0.29, 0.717) is 0 Å². The normalized spacial score (nSPS) is 9.12.